The average Bonchev–Trinajstić information content (AvgIpc) is 3.08. The Morgan fingerprint density at radius 2 is 1.79 bits per heavy atom. The first kappa shape index (κ1) is 16.6. The van der Waals surface area contributed by atoms with Crippen LogP contribution in [0.2, 0.25) is 0 Å². The molecule has 0 fully saturated rings. The van der Waals surface area contributed by atoms with Crippen LogP contribution in [0.25, 0.3) is 0 Å². The summed E-state index contributed by atoms with van der Waals surface area (Å²) in [6.45, 7) is 0. The normalized spacial score (nSPS) is 12.7. The molecule has 0 spiro atoms. The standard InChI is InChI=1S/C17H16N2O3S2/c20-24(21,22)19-15-8-6-13(7-9-15)10-16(17-11-23-12-18-17)14-4-2-1-3-5-14/h1-9,11-12,16,19H,10H2,(H,20,21,22). The number of hydrogen-bond acceptors (Lipinski definition) is 4. The van der Waals surface area contributed by atoms with Gasteiger partial charge in [-0.3, -0.25) is 9.27 Å². The van der Waals surface area contributed by atoms with Crippen LogP contribution in [0.1, 0.15) is 22.7 Å². The van der Waals surface area contributed by atoms with Crippen molar-refractivity contribution in [3.05, 3.63) is 82.3 Å². The van der Waals surface area contributed by atoms with E-state index in [1.807, 2.05) is 45.9 Å². The maximum absolute atomic E-state index is 10.8. The van der Waals surface area contributed by atoms with Crippen LogP contribution in [-0.4, -0.2) is 18.0 Å². The van der Waals surface area contributed by atoms with Gasteiger partial charge in [0.2, 0.25) is 0 Å². The van der Waals surface area contributed by atoms with Gasteiger partial charge < -0.3 is 0 Å². The van der Waals surface area contributed by atoms with Crippen molar-refractivity contribution in [2.24, 2.45) is 0 Å². The lowest BCUT2D eigenvalue weighted by molar-refractivity contribution is 0.489. The molecule has 5 nitrogen and oxygen atoms in total. The van der Waals surface area contributed by atoms with Crippen molar-refractivity contribution in [1.29, 1.82) is 0 Å². The quantitative estimate of drug-likeness (QED) is 0.657. The highest BCUT2D eigenvalue weighted by Gasteiger charge is 2.16. The van der Waals surface area contributed by atoms with E-state index in [0.717, 1.165) is 17.7 Å². The lowest BCUT2D eigenvalue weighted by Gasteiger charge is -2.16. The molecule has 1 heterocycles. The topological polar surface area (TPSA) is 79.3 Å². The van der Waals surface area contributed by atoms with E-state index in [1.165, 1.54) is 5.56 Å². The molecule has 0 saturated heterocycles. The molecule has 0 saturated carbocycles. The molecule has 1 atom stereocenters. The largest absolute Gasteiger partial charge is 0.357 e. The Kier molecular flexibility index (Phi) is 4.94. The van der Waals surface area contributed by atoms with E-state index in [2.05, 4.69) is 17.1 Å². The highest BCUT2D eigenvalue weighted by atomic mass is 32.2. The zero-order chi connectivity index (χ0) is 17.0. The minimum Gasteiger partial charge on any atom is -0.269 e. The summed E-state index contributed by atoms with van der Waals surface area (Å²) in [6.07, 6.45) is 0.750. The summed E-state index contributed by atoms with van der Waals surface area (Å²) in [7, 11) is -4.25. The number of aromatic nitrogens is 1. The van der Waals surface area contributed by atoms with E-state index in [-0.39, 0.29) is 5.92 Å². The van der Waals surface area contributed by atoms with Gasteiger partial charge in [0, 0.05) is 11.3 Å². The van der Waals surface area contributed by atoms with Gasteiger partial charge in [-0.05, 0) is 29.7 Å². The molecule has 0 bridgehead atoms. The molecular weight excluding hydrogens is 344 g/mol. The molecule has 1 aromatic heterocycles. The molecule has 2 aromatic carbocycles. The molecule has 0 aliphatic rings. The Labute approximate surface area is 144 Å². The molecule has 3 rings (SSSR count). The third-order valence-corrected chi connectivity index (χ3v) is 4.75. The molecule has 3 aromatic rings. The minimum absolute atomic E-state index is 0.137. The van der Waals surface area contributed by atoms with Crippen LogP contribution in [0.5, 0.6) is 0 Å². The van der Waals surface area contributed by atoms with Crippen LogP contribution >= 0.6 is 11.3 Å². The van der Waals surface area contributed by atoms with Crippen molar-refractivity contribution in [1.82, 2.24) is 4.98 Å². The van der Waals surface area contributed by atoms with E-state index in [9.17, 15) is 8.42 Å². The van der Waals surface area contributed by atoms with E-state index >= 15 is 0 Å². The predicted molar refractivity (Wildman–Crippen MR) is 95.7 cm³/mol. The summed E-state index contributed by atoms with van der Waals surface area (Å²) in [5.74, 6) is 0.137. The zero-order valence-corrected chi connectivity index (χ0v) is 14.3. The van der Waals surface area contributed by atoms with Gasteiger partial charge in [0.15, 0.2) is 0 Å². The van der Waals surface area contributed by atoms with Crippen molar-refractivity contribution >= 4 is 27.3 Å². The summed E-state index contributed by atoms with van der Waals surface area (Å²) in [4.78, 5) is 4.45. The lowest BCUT2D eigenvalue weighted by Crippen LogP contribution is -2.10. The molecule has 0 amide bonds. The Bertz CT molecular complexity index is 877. The van der Waals surface area contributed by atoms with Gasteiger partial charge in [0.25, 0.3) is 0 Å². The van der Waals surface area contributed by atoms with E-state index in [4.69, 9.17) is 4.55 Å². The van der Waals surface area contributed by atoms with Gasteiger partial charge in [-0.25, -0.2) is 4.98 Å². The van der Waals surface area contributed by atoms with Crippen LogP contribution in [0.15, 0.2) is 65.5 Å². The molecule has 124 valence electrons. The fourth-order valence-corrected chi connectivity index (χ4v) is 3.61. The number of nitrogens with zero attached hydrogens (tertiary/aromatic N) is 1. The van der Waals surface area contributed by atoms with Gasteiger partial charge >= 0.3 is 10.3 Å². The van der Waals surface area contributed by atoms with Gasteiger partial charge in [-0.1, -0.05) is 42.5 Å². The third-order valence-electron chi connectivity index (χ3n) is 3.65. The second-order valence-corrected chi connectivity index (χ2v) is 7.23. The summed E-state index contributed by atoms with van der Waals surface area (Å²) in [5.41, 5.74) is 5.41. The number of hydrogen-bond donors (Lipinski definition) is 2. The fourth-order valence-electron chi connectivity index (χ4n) is 2.57. The smallest absolute Gasteiger partial charge is 0.269 e. The first-order valence-corrected chi connectivity index (χ1v) is 9.67. The van der Waals surface area contributed by atoms with Crippen LogP contribution in [0, 0.1) is 0 Å². The maximum Gasteiger partial charge on any atom is 0.357 e. The molecule has 1 unspecified atom stereocenters. The number of benzene rings is 2. The molecule has 0 radical (unpaired) electrons. The predicted octanol–water partition coefficient (Wildman–Crippen LogP) is 3.73. The number of rotatable bonds is 6. The van der Waals surface area contributed by atoms with Crippen molar-refractivity contribution in [3.63, 3.8) is 0 Å². The molecule has 0 aliphatic heterocycles. The van der Waals surface area contributed by atoms with Crippen LogP contribution in [-0.2, 0) is 16.7 Å². The summed E-state index contributed by atoms with van der Waals surface area (Å²) >= 11 is 1.57. The number of nitrogens with one attached hydrogen (secondary N) is 1. The van der Waals surface area contributed by atoms with E-state index < -0.39 is 10.3 Å². The Morgan fingerprint density at radius 3 is 2.38 bits per heavy atom. The third kappa shape index (κ3) is 4.41. The SMILES string of the molecule is O=S(=O)(O)Nc1ccc(CC(c2ccccc2)c2cscn2)cc1. The fraction of sp³-hybridized carbons (Fsp3) is 0.118. The van der Waals surface area contributed by atoms with Crippen LogP contribution < -0.4 is 4.72 Å². The van der Waals surface area contributed by atoms with E-state index in [1.54, 1.807) is 23.5 Å². The van der Waals surface area contributed by atoms with Gasteiger partial charge in [-0.2, -0.15) is 8.42 Å². The van der Waals surface area contributed by atoms with Crippen LogP contribution in [0.4, 0.5) is 5.69 Å². The first-order valence-electron chi connectivity index (χ1n) is 7.28. The Hall–Kier alpha value is -2.22. The maximum atomic E-state index is 10.8. The zero-order valence-electron chi connectivity index (χ0n) is 12.7. The number of anilines is 1. The lowest BCUT2D eigenvalue weighted by atomic mass is 9.90. The molecule has 24 heavy (non-hydrogen) atoms. The van der Waals surface area contributed by atoms with Crippen molar-refractivity contribution in [2.75, 3.05) is 4.72 Å². The van der Waals surface area contributed by atoms with Crippen molar-refractivity contribution < 1.29 is 13.0 Å². The van der Waals surface area contributed by atoms with Crippen molar-refractivity contribution in [3.8, 4) is 0 Å². The number of thiazole rings is 1. The molecular formula is C17H16N2O3S2. The first-order chi connectivity index (χ1) is 11.5. The highest BCUT2D eigenvalue weighted by Crippen LogP contribution is 2.28. The monoisotopic (exact) mass is 360 g/mol. The molecule has 0 aliphatic carbocycles. The Balaban J connectivity index is 1.83. The van der Waals surface area contributed by atoms with Crippen molar-refractivity contribution in [2.45, 2.75) is 12.3 Å². The molecule has 2 N–H and O–H groups in total. The average molecular weight is 360 g/mol. The van der Waals surface area contributed by atoms with Gasteiger partial charge in [0.1, 0.15) is 0 Å². The minimum atomic E-state index is -4.25. The van der Waals surface area contributed by atoms with Crippen LogP contribution in [0.3, 0.4) is 0 Å². The second kappa shape index (κ2) is 7.12. The Morgan fingerprint density at radius 1 is 1.08 bits per heavy atom. The van der Waals surface area contributed by atoms with Gasteiger partial charge in [-0.15, -0.1) is 11.3 Å². The van der Waals surface area contributed by atoms with E-state index in [0.29, 0.717) is 5.69 Å². The molecule has 7 heteroatoms. The summed E-state index contributed by atoms with van der Waals surface area (Å²) in [6, 6.07) is 17.1. The second-order valence-electron chi connectivity index (χ2n) is 5.35. The highest BCUT2D eigenvalue weighted by molar-refractivity contribution is 7.87. The summed E-state index contributed by atoms with van der Waals surface area (Å²) in [5, 5.41) is 2.05. The summed E-state index contributed by atoms with van der Waals surface area (Å²) < 4.78 is 32.5. The van der Waals surface area contributed by atoms with Gasteiger partial charge in [0.05, 0.1) is 16.9 Å².